The molecule has 3 heteroatoms. The van der Waals surface area contributed by atoms with Gasteiger partial charge in [-0.1, -0.05) is 20.8 Å². The Morgan fingerprint density at radius 1 is 1.25 bits per heavy atom. The van der Waals surface area contributed by atoms with E-state index in [2.05, 4.69) is 25.7 Å². The summed E-state index contributed by atoms with van der Waals surface area (Å²) in [5.41, 5.74) is -0.559. The van der Waals surface area contributed by atoms with Gasteiger partial charge in [-0.25, -0.2) is 8.78 Å². The molecular weight excluding hydrogens is 208 g/mol. The van der Waals surface area contributed by atoms with Crippen LogP contribution in [0.4, 0.5) is 8.78 Å². The van der Waals surface area contributed by atoms with Crippen molar-refractivity contribution in [3.8, 4) is 0 Å². The van der Waals surface area contributed by atoms with Crippen LogP contribution in [0.15, 0.2) is 0 Å². The van der Waals surface area contributed by atoms with Gasteiger partial charge < -0.3 is 0 Å². The third-order valence-electron chi connectivity index (χ3n) is 5.29. The quantitative estimate of drug-likeness (QED) is 0.667. The number of fused-ring (bicyclic) bond motifs is 1. The minimum atomic E-state index is -2.37. The maximum atomic E-state index is 13.5. The van der Waals surface area contributed by atoms with Gasteiger partial charge in [-0.3, -0.25) is 4.90 Å². The zero-order valence-electron chi connectivity index (χ0n) is 10.4. The fraction of sp³-hybridized carbons (Fsp3) is 1.00. The first-order chi connectivity index (χ1) is 7.31. The summed E-state index contributed by atoms with van der Waals surface area (Å²) in [6, 6.07) is 0. The van der Waals surface area contributed by atoms with Crippen molar-refractivity contribution in [2.45, 2.75) is 51.5 Å². The normalized spacial score (nSPS) is 50.2. The summed E-state index contributed by atoms with van der Waals surface area (Å²) < 4.78 is 27.0. The summed E-state index contributed by atoms with van der Waals surface area (Å²) in [5, 5.41) is 0. The molecule has 1 aliphatic carbocycles. The molecule has 1 spiro atoms. The van der Waals surface area contributed by atoms with Crippen LogP contribution in [0.3, 0.4) is 0 Å². The van der Waals surface area contributed by atoms with Crippen molar-refractivity contribution in [2.75, 3.05) is 13.1 Å². The van der Waals surface area contributed by atoms with E-state index in [1.807, 2.05) is 0 Å². The van der Waals surface area contributed by atoms with Crippen LogP contribution < -0.4 is 0 Å². The lowest BCUT2D eigenvalue weighted by Gasteiger charge is -2.36. The van der Waals surface area contributed by atoms with Crippen LogP contribution in [0.1, 0.15) is 40.0 Å². The van der Waals surface area contributed by atoms with Crippen LogP contribution in [-0.2, 0) is 0 Å². The summed E-state index contributed by atoms with van der Waals surface area (Å²) >= 11 is 0. The molecule has 0 radical (unpaired) electrons. The molecule has 3 aliphatic rings. The Hall–Kier alpha value is -0.180. The Balaban J connectivity index is 1.90. The van der Waals surface area contributed by atoms with E-state index in [9.17, 15) is 8.78 Å². The molecule has 3 unspecified atom stereocenters. The smallest absolute Gasteiger partial charge is 0.255 e. The highest BCUT2D eigenvalue weighted by molar-refractivity contribution is 5.23. The molecule has 1 nitrogen and oxygen atoms in total. The predicted molar refractivity (Wildman–Crippen MR) is 59.5 cm³/mol. The molecule has 2 heterocycles. The van der Waals surface area contributed by atoms with E-state index >= 15 is 0 Å². The SMILES string of the molecule is CC1CN2CC3(CC2(C(C)C)C1)CC3(F)F. The fourth-order valence-electron chi connectivity index (χ4n) is 4.32. The molecule has 3 rings (SSSR count). The van der Waals surface area contributed by atoms with Crippen molar-refractivity contribution in [1.29, 1.82) is 0 Å². The summed E-state index contributed by atoms with van der Waals surface area (Å²) in [6.07, 6.45) is 1.98. The molecular formula is C13H21F2N. The van der Waals surface area contributed by atoms with Crippen molar-refractivity contribution in [3.05, 3.63) is 0 Å². The van der Waals surface area contributed by atoms with Gasteiger partial charge in [0, 0.05) is 25.0 Å². The maximum Gasteiger partial charge on any atom is 0.255 e. The van der Waals surface area contributed by atoms with Crippen molar-refractivity contribution in [3.63, 3.8) is 0 Å². The topological polar surface area (TPSA) is 3.24 Å². The monoisotopic (exact) mass is 229 g/mol. The number of rotatable bonds is 1. The second kappa shape index (κ2) is 2.80. The van der Waals surface area contributed by atoms with Crippen LogP contribution in [0, 0.1) is 17.3 Å². The lowest BCUT2D eigenvalue weighted by molar-refractivity contribution is 0.0644. The highest BCUT2D eigenvalue weighted by Crippen LogP contribution is 2.70. The fourth-order valence-corrected chi connectivity index (χ4v) is 4.32. The zero-order chi connectivity index (χ0) is 11.8. The second-order valence-corrected chi connectivity index (χ2v) is 6.79. The highest BCUT2D eigenvalue weighted by atomic mass is 19.3. The Labute approximate surface area is 96.2 Å². The van der Waals surface area contributed by atoms with Gasteiger partial charge in [0.1, 0.15) is 0 Å². The Bertz CT molecular complexity index is 328. The molecule has 0 aromatic carbocycles. The first-order valence-corrected chi connectivity index (χ1v) is 6.44. The molecule has 0 bridgehead atoms. The minimum absolute atomic E-state index is 0.0827. The van der Waals surface area contributed by atoms with Gasteiger partial charge in [0.2, 0.25) is 0 Å². The third-order valence-corrected chi connectivity index (χ3v) is 5.29. The molecule has 16 heavy (non-hydrogen) atoms. The molecule has 92 valence electrons. The van der Waals surface area contributed by atoms with Crippen molar-refractivity contribution < 1.29 is 8.78 Å². The van der Waals surface area contributed by atoms with Gasteiger partial charge in [0.05, 0.1) is 5.41 Å². The summed E-state index contributed by atoms with van der Waals surface area (Å²) in [7, 11) is 0. The van der Waals surface area contributed by atoms with E-state index in [0.717, 1.165) is 19.4 Å². The van der Waals surface area contributed by atoms with E-state index < -0.39 is 11.3 Å². The lowest BCUT2D eigenvalue weighted by Crippen LogP contribution is -2.42. The number of hydrogen-bond donors (Lipinski definition) is 0. The van der Waals surface area contributed by atoms with E-state index in [1.165, 1.54) is 0 Å². The molecule has 0 aromatic heterocycles. The molecule has 0 N–H and O–H groups in total. The molecule has 1 saturated carbocycles. The predicted octanol–water partition coefficient (Wildman–Crippen LogP) is 3.15. The Morgan fingerprint density at radius 3 is 2.31 bits per heavy atom. The Morgan fingerprint density at radius 2 is 1.88 bits per heavy atom. The maximum absolute atomic E-state index is 13.5. The second-order valence-electron chi connectivity index (χ2n) is 6.79. The largest absolute Gasteiger partial charge is 0.296 e. The van der Waals surface area contributed by atoms with Crippen molar-refractivity contribution in [2.24, 2.45) is 17.3 Å². The highest BCUT2D eigenvalue weighted by Gasteiger charge is 2.77. The van der Waals surface area contributed by atoms with Crippen molar-refractivity contribution in [1.82, 2.24) is 4.90 Å². The number of nitrogens with zero attached hydrogens (tertiary/aromatic N) is 1. The van der Waals surface area contributed by atoms with Gasteiger partial charge in [0.25, 0.3) is 5.92 Å². The Kier molecular flexibility index (Phi) is 1.91. The molecule has 3 atom stereocenters. The molecule has 2 aliphatic heterocycles. The summed E-state index contributed by atoms with van der Waals surface area (Å²) in [4.78, 5) is 2.38. The summed E-state index contributed by atoms with van der Waals surface area (Å²) in [6.45, 7) is 8.31. The number of halogens is 2. The minimum Gasteiger partial charge on any atom is -0.296 e. The average molecular weight is 229 g/mol. The van der Waals surface area contributed by atoms with E-state index in [0.29, 0.717) is 18.4 Å². The molecule has 0 amide bonds. The van der Waals surface area contributed by atoms with Gasteiger partial charge in [-0.2, -0.15) is 0 Å². The molecule has 3 fully saturated rings. The van der Waals surface area contributed by atoms with Crippen LogP contribution in [0.25, 0.3) is 0 Å². The van der Waals surface area contributed by atoms with Gasteiger partial charge in [-0.15, -0.1) is 0 Å². The van der Waals surface area contributed by atoms with Gasteiger partial charge >= 0.3 is 0 Å². The van der Waals surface area contributed by atoms with Crippen molar-refractivity contribution >= 4 is 0 Å². The third kappa shape index (κ3) is 1.13. The molecule has 0 aromatic rings. The van der Waals surface area contributed by atoms with Crippen LogP contribution >= 0.6 is 0 Å². The summed E-state index contributed by atoms with van der Waals surface area (Å²) in [5.74, 6) is -1.21. The molecule has 2 saturated heterocycles. The van der Waals surface area contributed by atoms with Crippen LogP contribution in [0.5, 0.6) is 0 Å². The first kappa shape index (κ1) is 10.9. The number of hydrogen-bond acceptors (Lipinski definition) is 1. The zero-order valence-corrected chi connectivity index (χ0v) is 10.4. The van der Waals surface area contributed by atoms with Crippen LogP contribution in [-0.4, -0.2) is 29.5 Å². The van der Waals surface area contributed by atoms with Gasteiger partial charge in [-0.05, 0) is 24.7 Å². The average Bonchev–Trinajstić information content (AvgIpc) is 2.41. The van der Waals surface area contributed by atoms with Gasteiger partial charge in [0.15, 0.2) is 0 Å². The standard InChI is InChI=1S/C13H21F2N/c1-9(2)12-4-10(3)5-16(12)8-11(6-12)7-13(11,14)15/h9-10H,4-8H2,1-3H3. The first-order valence-electron chi connectivity index (χ1n) is 6.44. The van der Waals surface area contributed by atoms with E-state index in [-0.39, 0.29) is 12.0 Å². The lowest BCUT2D eigenvalue weighted by atomic mass is 9.78. The van der Waals surface area contributed by atoms with E-state index in [4.69, 9.17) is 0 Å². The van der Waals surface area contributed by atoms with E-state index in [1.54, 1.807) is 0 Å². The number of alkyl halides is 2. The van der Waals surface area contributed by atoms with Crippen LogP contribution in [0.2, 0.25) is 0 Å².